The van der Waals surface area contributed by atoms with Crippen molar-refractivity contribution in [1.82, 2.24) is 15.0 Å². The van der Waals surface area contributed by atoms with Gasteiger partial charge in [0.2, 0.25) is 0 Å². The van der Waals surface area contributed by atoms with E-state index in [4.69, 9.17) is 9.15 Å². The highest BCUT2D eigenvalue weighted by molar-refractivity contribution is 7.99. The van der Waals surface area contributed by atoms with Crippen LogP contribution in [0.3, 0.4) is 0 Å². The van der Waals surface area contributed by atoms with Gasteiger partial charge < -0.3 is 14.1 Å². The Balaban J connectivity index is 1.23. The average Bonchev–Trinajstić information content (AvgIpc) is 3.37. The lowest BCUT2D eigenvalue weighted by Gasteiger charge is -2.04. The average molecular weight is 413 g/mol. The number of H-pyrrole nitrogens is 1. The minimum atomic E-state index is -0.427. The lowest BCUT2D eigenvalue weighted by molar-refractivity contribution is -0.141. The van der Waals surface area contributed by atoms with Crippen molar-refractivity contribution in [2.45, 2.75) is 31.1 Å². The second-order valence-corrected chi connectivity index (χ2v) is 8.46. The summed E-state index contributed by atoms with van der Waals surface area (Å²) in [5.41, 5.74) is 2.40. The van der Waals surface area contributed by atoms with Crippen LogP contribution < -0.4 is 5.56 Å². The number of aryl methyl sites for hydroxylation is 2. The summed E-state index contributed by atoms with van der Waals surface area (Å²) in [7, 11) is 0. The number of para-hydroxylation sites is 2. The zero-order valence-corrected chi connectivity index (χ0v) is 16.3. The Hall–Kier alpha value is -2.65. The summed E-state index contributed by atoms with van der Waals surface area (Å²) in [6, 6.07) is 7.41. The molecule has 9 heteroatoms. The molecule has 1 aliphatic carbocycles. The molecule has 0 saturated carbocycles. The summed E-state index contributed by atoms with van der Waals surface area (Å²) in [5, 5.41) is 1.11. The molecule has 4 aromatic rings. The molecule has 0 atom stereocenters. The third-order valence-electron chi connectivity index (χ3n) is 4.58. The first kappa shape index (κ1) is 17.4. The van der Waals surface area contributed by atoms with Crippen molar-refractivity contribution in [2.24, 2.45) is 0 Å². The van der Waals surface area contributed by atoms with Gasteiger partial charge in [0, 0.05) is 4.88 Å². The summed E-state index contributed by atoms with van der Waals surface area (Å²) in [6.45, 7) is -0.0688. The van der Waals surface area contributed by atoms with Crippen molar-refractivity contribution >= 4 is 50.4 Å². The number of esters is 1. The fraction of sp³-hybridized carbons (Fsp3) is 0.263. The molecule has 3 aromatic heterocycles. The number of aromatic nitrogens is 3. The largest absolute Gasteiger partial charge is 0.457 e. The Morgan fingerprint density at radius 2 is 2.18 bits per heavy atom. The van der Waals surface area contributed by atoms with Gasteiger partial charge in [-0.15, -0.1) is 11.3 Å². The smallest absolute Gasteiger partial charge is 0.316 e. The molecule has 142 valence electrons. The number of nitrogens with zero attached hydrogens (tertiary/aromatic N) is 2. The number of oxazole rings is 1. The lowest BCUT2D eigenvalue weighted by atomic mass is 10.2. The van der Waals surface area contributed by atoms with Gasteiger partial charge >= 0.3 is 5.97 Å². The molecule has 0 amide bonds. The van der Waals surface area contributed by atoms with E-state index in [2.05, 4.69) is 15.0 Å². The Bertz CT molecular complexity index is 1220. The van der Waals surface area contributed by atoms with Crippen LogP contribution in [0.4, 0.5) is 0 Å². The number of carbonyl (C=O) groups is 1. The fourth-order valence-electron chi connectivity index (χ4n) is 3.34. The van der Waals surface area contributed by atoms with E-state index in [-0.39, 0.29) is 17.9 Å². The van der Waals surface area contributed by atoms with Gasteiger partial charge in [-0.25, -0.2) is 9.97 Å². The molecule has 3 heterocycles. The molecule has 0 spiro atoms. The second-order valence-electron chi connectivity index (χ2n) is 6.45. The number of ether oxygens (including phenoxy) is 1. The quantitative estimate of drug-likeness (QED) is 0.395. The number of aromatic amines is 1. The van der Waals surface area contributed by atoms with E-state index in [0.717, 1.165) is 35.2 Å². The van der Waals surface area contributed by atoms with Crippen molar-refractivity contribution in [3.63, 3.8) is 0 Å². The number of benzene rings is 1. The van der Waals surface area contributed by atoms with Crippen LogP contribution in [-0.2, 0) is 29.0 Å². The topological polar surface area (TPSA) is 98.1 Å². The molecule has 1 N–H and O–H groups in total. The van der Waals surface area contributed by atoms with E-state index in [1.54, 1.807) is 11.3 Å². The minimum Gasteiger partial charge on any atom is -0.457 e. The van der Waals surface area contributed by atoms with Crippen LogP contribution in [-0.4, -0.2) is 26.7 Å². The Kier molecular flexibility index (Phi) is 4.40. The van der Waals surface area contributed by atoms with Crippen molar-refractivity contribution in [3.8, 4) is 0 Å². The molecule has 1 aliphatic rings. The van der Waals surface area contributed by atoms with Crippen LogP contribution in [0.1, 0.15) is 22.7 Å². The number of carbonyl (C=O) groups excluding carboxylic acids is 1. The van der Waals surface area contributed by atoms with Crippen molar-refractivity contribution in [1.29, 1.82) is 0 Å². The van der Waals surface area contributed by atoms with Gasteiger partial charge in [-0.05, 0) is 37.0 Å². The molecular formula is C19H15N3O4S2. The highest BCUT2D eigenvalue weighted by atomic mass is 32.2. The van der Waals surface area contributed by atoms with Crippen LogP contribution in [0, 0.1) is 0 Å². The Labute approximate surface area is 167 Å². The lowest BCUT2D eigenvalue weighted by Crippen LogP contribution is -2.15. The highest BCUT2D eigenvalue weighted by Crippen LogP contribution is 2.34. The molecule has 0 aliphatic heterocycles. The minimum absolute atomic E-state index is 0.0621. The molecule has 0 radical (unpaired) electrons. The summed E-state index contributed by atoms with van der Waals surface area (Å²) >= 11 is 2.73. The zero-order valence-electron chi connectivity index (χ0n) is 14.7. The maximum Gasteiger partial charge on any atom is 0.316 e. The molecular weight excluding hydrogens is 398 g/mol. The van der Waals surface area contributed by atoms with Gasteiger partial charge in [0.25, 0.3) is 10.8 Å². The van der Waals surface area contributed by atoms with Gasteiger partial charge in [-0.3, -0.25) is 9.59 Å². The van der Waals surface area contributed by atoms with E-state index in [1.165, 1.54) is 16.6 Å². The van der Waals surface area contributed by atoms with Gasteiger partial charge in [-0.2, -0.15) is 0 Å². The van der Waals surface area contributed by atoms with Gasteiger partial charge in [0.1, 0.15) is 28.5 Å². The van der Waals surface area contributed by atoms with Crippen LogP contribution in [0.25, 0.3) is 21.3 Å². The number of fused-ring (bicyclic) bond motifs is 4. The van der Waals surface area contributed by atoms with Crippen LogP contribution in [0.5, 0.6) is 0 Å². The summed E-state index contributed by atoms with van der Waals surface area (Å²) in [4.78, 5) is 37.9. The third-order valence-corrected chi connectivity index (χ3v) is 6.57. The van der Waals surface area contributed by atoms with E-state index < -0.39 is 5.97 Å². The van der Waals surface area contributed by atoms with Crippen LogP contribution in [0.2, 0.25) is 0 Å². The number of hydrogen-bond donors (Lipinski definition) is 1. The fourth-order valence-corrected chi connectivity index (χ4v) is 5.26. The maximum absolute atomic E-state index is 12.4. The number of thiophene rings is 1. The van der Waals surface area contributed by atoms with E-state index in [1.807, 2.05) is 24.3 Å². The van der Waals surface area contributed by atoms with E-state index in [9.17, 15) is 9.59 Å². The highest BCUT2D eigenvalue weighted by Gasteiger charge is 2.21. The number of thioether (sulfide) groups is 1. The first-order valence-electron chi connectivity index (χ1n) is 8.85. The molecule has 5 rings (SSSR count). The van der Waals surface area contributed by atoms with Crippen LogP contribution >= 0.6 is 23.1 Å². The molecule has 0 fully saturated rings. The monoisotopic (exact) mass is 413 g/mol. The van der Waals surface area contributed by atoms with Crippen molar-refractivity contribution in [3.05, 3.63) is 50.9 Å². The molecule has 7 nitrogen and oxygen atoms in total. The van der Waals surface area contributed by atoms with Gasteiger partial charge in [0.15, 0.2) is 5.58 Å². The SMILES string of the molecule is O=C(CSc1nc2ccccc2o1)OCc1nc2sc3c(c2c(=O)[nH]1)CCC3. The number of rotatable bonds is 5. The van der Waals surface area contributed by atoms with Crippen molar-refractivity contribution in [2.75, 3.05) is 5.75 Å². The van der Waals surface area contributed by atoms with Crippen LogP contribution in [0.15, 0.2) is 38.7 Å². The normalized spacial score (nSPS) is 13.3. The first-order chi connectivity index (χ1) is 13.7. The van der Waals surface area contributed by atoms with Crippen molar-refractivity contribution < 1.29 is 13.9 Å². The molecule has 0 saturated heterocycles. The summed E-state index contributed by atoms with van der Waals surface area (Å²) in [6.07, 6.45) is 3.03. The van der Waals surface area contributed by atoms with E-state index >= 15 is 0 Å². The summed E-state index contributed by atoms with van der Waals surface area (Å²) in [5.74, 6) is -0.00613. The summed E-state index contributed by atoms with van der Waals surface area (Å²) < 4.78 is 10.8. The zero-order chi connectivity index (χ0) is 19.1. The second kappa shape index (κ2) is 7.06. The van der Waals surface area contributed by atoms with Gasteiger partial charge in [0.05, 0.1) is 5.39 Å². The molecule has 0 bridgehead atoms. The van der Waals surface area contributed by atoms with Gasteiger partial charge in [-0.1, -0.05) is 23.9 Å². The number of hydrogen-bond acceptors (Lipinski definition) is 8. The Morgan fingerprint density at radius 1 is 1.29 bits per heavy atom. The molecule has 28 heavy (non-hydrogen) atoms. The first-order valence-corrected chi connectivity index (χ1v) is 10.6. The predicted octanol–water partition coefficient (Wildman–Crippen LogP) is 3.45. The number of nitrogens with one attached hydrogen (secondary N) is 1. The maximum atomic E-state index is 12.4. The molecule has 1 aromatic carbocycles. The third kappa shape index (κ3) is 3.20. The standard InChI is InChI=1S/C19H15N3O4S2/c23-15(9-27-19-20-11-5-1-2-6-12(11)26-19)25-8-14-21-17(24)16-10-4-3-7-13(10)28-18(16)22-14/h1-2,5-6H,3-4,7-9H2,(H,21,22,24). The Morgan fingerprint density at radius 3 is 3.07 bits per heavy atom. The predicted molar refractivity (Wildman–Crippen MR) is 107 cm³/mol. The molecule has 0 unspecified atom stereocenters. The van der Waals surface area contributed by atoms with E-state index in [0.29, 0.717) is 22.0 Å².